The molecule has 0 atom stereocenters. The Morgan fingerprint density at radius 2 is 1.68 bits per heavy atom. The largest absolute Gasteiger partial charge is 0.345 e. The third-order valence-corrected chi connectivity index (χ3v) is 5.25. The Morgan fingerprint density at radius 1 is 0.853 bits per heavy atom. The summed E-state index contributed by atoms with van der Waals surface area (Å²) in [6.45, 7) is 0. The minimum atomic E-state index is -0.497. The Hall–Kier alpha value is -5.02. The normalized spacial score (nSPS) is 10.4. The molecule has 3 aromatic heterocycles. The van der Waals surface area contributed by atoms with Crippen LogP contribution in [0.15, 0.2) is 102 Å². The van der Waals surface area contributed by atoms with Crippen LogP contribution < -0.4 is 10.7 Å². The maximum absolute atomic E-state index is 12.7. The Morgan fingerprint density at radius 3 is 2.50 bits per heavy atom. The molecule has 0 bridgehead atoms. The number of hydrogen-bond acceptors (Lipinski definition) is 4. The first-order valence-electron chi connectivity index (χ1n) is 10.6. The number of pyridine rings is 3. The lowest BCUT2D eigenvalue weighted by atomic mass is 10.1. The zero-order chi connectivity index (χ0) is 23.3. The molecule has 6 nitrogen and oxygen atoms in total. The van der Waals surface area contributed by atoms with Gasteiger partial charge in [0.05, 0.1) is 5.39 Å². The molecule has 5 rings (SSSR count). The van der Waals surface area contributed by atoms with Crippen molar-refractivity contribution in [2.45, 2.75) is 0 Å². The number of nitrogens with zero attached hydrogens (tertiary/aromatic N) is 2. The summed E-state index contributed by atoms with van der Waals surface area (Å²) in [5, 5.41) is 3.14. The lowest BCUT2D eigenvalue weighted by Crippen LogP contribution is -2.22. The topological polar surface area (TPSA) is 87.7 Å². The lowest BCUT2D eigenvalue weighted by molar-refractivity contribution is 0.102. The summed E-state index contributed by atoms with van der Waals surface area (Å²) in [4.78, 5) is 36.5. The van der Waals surface area contributed by atoms with Crippen molar-refractivity contribution in [2.24, 2.45) is 0 Å². The van der Waals surface area contributed by atoms with E-state index in [-0.39, 0.29) is 11.0 Å². The number of rotatable bonds is 3. The van der Waals surface area contributed by atoms with Crippen molar-refractivity contribution < 1.29 is 4.79 Å². The number of H-pyrrole nitrogens is 1. The molecule has 0 saturated carbocycles. The first-order valence-corrected chi connectivity index (χ1v) is 10.6. The van der Waals surface area contributed by atoms with Crippen LogP contribution in [0.4, 0.5) is 5.69 Å². The highest BCUT2D eigenvalue weighted by Crippen LogP contribution is 2.18. The number of carbonyl (C=O) groups excluding carboxylic acids is 1. The number of amides is 1. The number of carbonyl (C=O) groups is 1. The highest BCUT2D eigenvalue weighted by molar-refractivity contribution is 6.05. The second kappa shape index (κ2) is 9.23. The van der Waals surface area contributed by atoms with Gasteiger partial charge in [0.15, 0.2) is 0 Å². The predicted octanol–water partition coefficient (Wildman–Crippen LogP) is 4.64. The van der Waals surface area contributed by atoms with E-state index in [0.29, 0.717) is 16.7 Å². The van der Waals surface area contributed by atoms with Crippen LogP contribution in [-0.4, -0.2) is 20.9 Å². The summed E-state index contributed by atoms with van der Waals surface area (Å²) >= 11 is 0. The molecule has 0 aliphatic carbocycles. The number of aromatic nitrogens is 3. The van der Waals surface area contributed by atoms with Gasteiger partial charge in [0.1, 0.15) is 11.2 Å². The molecule has 162 valence electrons. The number of fused-ring (bicyclic) bond motifs is 1. The monoisotopic (exact) mass is 442 g/mol. The van der Waals surface area contributed by atoms with E-state index in [4.69, 9.17) is 0 Å². The molecule has 3 heterocycles. The van der Waals surface area contributed by atoms with Crippen molar-refractivity contribution in [3.63, 3.8) is 0 Å². The van der Waals surface area contributed by atoms with Crippen LogP contribution in [0.1, 0.15) is 21.5 Å². The molecule has 2 N–H and O–H groups in total. The van der Waals surface area contributed by atoms with Gasteiger partial charge in [-0.15, -0.1) is 0 Å². The summed E-state index contributed by atoms with van der Waals surface area (Å²) in [5.41, 5.74) is 4.37. The van der Waals surface area contributed by atoms with Gasteiger partial charge in [0.2, 0.25) is 5.43 Å². The molecule has 0 fully saturated rings. The van der Waals surface area contributed by atoms with Crippen LogP contribution in [0.25, 0.3) is 22.2 Å². The van der Waals surface area contributed by atoms with E-state index in [9.17, 15) is 9.59 Å². The molecule has 34 heavy (non-hydrogen) atoms. The van der Waals surface area contributed by atoms with Crippen molar-refractivity contribution in [1.29, 1.82) is 0 Å². The van der Waals surface area contributed by atoms with E-state index in [0.717, 1.165) is 22.3 Å². The Bertz CT molecular complexity index is 1610. The van der Waals surface area contributed by atoms with Crippen molar-refractivity contribution in [3.8, 4) is 23.0 Å². The first kappa shape index (κ1) is 20.9. The van der Waals surface area contributed by atoms with Crippen molar-refractivity contribution in [2.75, 3.05) is 5.32 Å². The minimum absolute atomic E-state index is 0.0192. The van der Waals surface area contributed by atoms with E-state index in [1.165, 1.54) is 6.20 Å². The quantitative estimate of drug-likeness (QED) is 0.399. The molecule has 6 heteroatoms. The van der Waals surface area contributed by atoms with Gasteiger partial charge in [-0.3, -0.25) is 14.6 Å². The predicted molar refractivity (Wildman–Crippen MR) is 132 cm³/mol. The van der Waals surface area contributed by atoms with E-state index in [1.807, 2.05) is 48.7 Å². The SMILES string of the molecule is O=C(Nc1cccc(C#Cc2ccc(-c3cccnc3)cc2)c1)c1c[nH]c2ncccc2c1=O. The van der Waals surface area contributed by atoms with E-state index < -0.39 is 5.91 Å². The van der Waals surface area contributed by atoms with Gasteiger partial charge in [-0.2, -0.15) is 0 Å². The summed E-state index contributed by atoms with van der Waals surface area (Å²) in [5.74, 6) is 5.76. The standard InChI is InChI=1S/C28H18N4O2/c33-26-24-7-3-15-30-27(24)31-18-25(26)28(34)32-23-6-1-4-20(16-23)9-8-19-10-12-21(13-11-19)22-5-2-14-29-17-22/h1-7,10-18H,(H,32,34)(H,30,31,33). The summed E-state index contributed by atoms with van der Waals surface area (Å²) in [6.07, 6.45) is 6.53. The van der Waals surface area contributed by atoms with Crippen molar-refractivity contribution >= 4 is 22.6 Å². The number of hydrogen-bond donors (Lipinski definition) is 2. The van der Waals surface area contributed by atoms with Crippen molar-refractivity contribution in [3.05, 3.63) is 124 Å². The Labute approximate surface area is 195 Å². The Kier molecular flexibility index (Phi) is 5.66. The molecular formula is C28H18N4O2. The zero-order valence-corrected chi connectivity index (χ0v) is 17.9. The number of benzene rings is 2. The molecule has 0 aliphatic heterocycles. The third-order valence-electron chi connectivity index (χ3n) is 5.25. The molecule has 0 aliphatic rings. The summed E-state index contributed by atoms with van der Waals surface area (Å²) in [6, 6.07) is 22.3. The van der Waals surface area contributed by atoms with Gasteiger partial charge in [0.25, 0.3) is 5.91 Å². The second-order valence-electron chi connectivity index (χ2n) is 7.54. The molecular weight excluding hydrogens is 424 g/mol. The van der Waals surface area contributed by atoms with Gasteiger partial charge in [-0.25, -0.2) is 4.98 Å². The van der Waals surface area contributed by atoms with Crippen LogP contribution in [0.3, 0.4) is 0 Å². The summed E-state index contributed by atoms with van der Waals surface area (Å²) in [7, 11) is 0. The van der Waals surface area contributed by atoms with Crippen LogP contribution >= 0.6 is 0 Å². The zero-order valence-electron chi connectivity index (χ0n) is 17.9. The fourth-order valence-corrected chi connectivity index (χ4v) is 3.52. The fourth-order valence-electron chi connectivity index (χ4n) is 3.52. The van der Waals surface area contributed by atoms with E-state index in [2.05, 4.69) is 32.1 Å². The van der Waals surface area contributed by atoms with Gasteiger partial charge in [0, 0.05) is 41.6 Å². The maximum Gasteiger partial charge on any atom is 0.261 e. The summed E-state index contributed by atoms with van der Waals surface area (Å²) < 4.78 is 0. The second-order valence-corrected chi connectivity index (χ2v) is 7.54. The molecule has 0 unspecified atom stereocenters. The number of nitrogens with one attached hydrogen (secondary N) is 2. The lowest BCUT2D eigenvalue weighted by Gasteiger charge is -2.06. The van der Waals surface area contributed by atoms with Crippen molar-refractivity contribution in [1.82, 2.24) is 15.0 Å². The highest BCUT2D eigenvalue weighted by atomic mass is 16.2. The van der Waals surface area contributed by atoms with E-state index >= 15 is 0 Å². The highest BCUT2D eigenvalue weighted by Gasteiger charge is 2.13. The number of anilines is 1. The molecule has 0 saturated heterocycles. The average molecular weight is 442 g/mol. The first-order chi connectivity index (χ1) is 16.7. The van der Waals surface area contributed by atoms with Gasteiger partial charge in [-0.05, 0) is 59.7 Å². The van der Waals surface area contributed by atoms with Crippen LogP contribution in [0.2, 0.25) is 0 Å². The van der Waals surface area contributed by atoms with Gasteiger partial charge < -0.3 is 10.3 Å². The number of aromatic amines is 1. The molecule has 1 amide bonds. The fraction of sp³-hybridized carbons (Fsp3) is 0. The van der Waals surface area contributed by atoms with Crippen LogP contribution in [-0.2, 0) is 0 Å². The molecule has 2 aromatic carbocycles. The van der Waals surface area contributed by atoms with Gasteiger partial charge in [-0.1, -0.05) is 36.1 Å². The minimum Gasteiger partial charge on any atom is -0.345 e. The molecule has 0 spiro atoms. The smallest absolute Gasteiger partial charge is 0.261 e. The van der Waals surface area contributed by atoms with Gasteiger partial charge >= 0.3 is 0 Å². The molecule has 5 aromatic rings. The van der Waals surface area contributed by atoms with E-state index in [1.54, 1.807) is 42.7 Å². The Balaban J connectivity index is 1.33. The molecule has 0 radical (unpaired) electrons. The average Bonchev–Trinajstić information content (AvgIpc) is 2.89. The van der Waals surface area contributed by atoms with Crippen LogP contribution in [0, 0.1) is 11.8 Å². The maximum atomic E-state index is 12.7. The van der Waals surface area contributed by atoms with Crippen LogP contribution in [0.5, 0.6) is 0 Å². The third kappa shape index (κ3) is 4.45.